The van der Waals surface area contributed by atoms with Gasteiger partial charge in [-0.1, -0.05) is 11.6 Å². The van der Waals surface area contributed by atoms with Crippen molar-refractivity contribution in [3.8, 4) is 17.6 Å². The summed E-state index contributed by atoms with van der Waals surface area (Å²) >= 11 is 12.4. The number of nitro benzene ring substituents is 2. The lowest BCUT2D eigenvalue weighted by Gasteiger charge is -2.11. The minimum atomic E-state index is -0.792. The molecular weight excluding hydrogens is 612 g/mol. The van der Waals surface area contributed by atoms with Crippen molar-refractivity contribution in [2.45, 2.75) is 0 Å². The van der Waals surface area contributed by atoms with Gasteiger partial charge in [-0.15, -0.1) is 0 Å². The third-order valence-corrected chi connectivity index (χ3v) is 5.79. The van der Waals surface area contributed by atoms with Crippen LogP contribution in [0.4, 0.5) is 17.1 Å². The molecule has 0 spiro atoms. The van der Waals surface area contributed by atoms with Crippen molar-refractivity contribution < 1.29 is 19.4 Å². The molecule has 13 heteroatoms. The van der Waals surface area contributed by atoms with Gasteiger partial charge >= 0.3 is 5.69 Å². The number of rotatable bonds is 7. The van der Waals surface area contributed by atoms with Gasteiger partial charge in [-0.05, 0) is 86.0 Å². The average Bonchev–Trinajstić information content (AvgIpc) is 2.81. The highest BCUT2D eigenvalue weighted by atomic mass is 79.9. The first-order valence-electron chi connectivity index (χ1n) is 9.37. The fourth-order valence-electron chi connectivity index (χ4n) is 2.77. The second-order valence-corrected chi connectivity index (χ2v) is 8.86. The molecule has 0 fully saturated rings. The van der Waals surface area contributed by atoms with Gasteiger partial charge in [-0.3, -0.25) is 25.0 Å². The van der Waals surface area contributed by atoms with Crippen molar-refractivity contribution in [3.63, 3.8) is 0 Å². The molecule has 3 aromatic rings. The number of nitrogens with one attached hydrogen (secondary N) is 1. The summed E-state index contributed by atoms with van der Waals surface area (Å²) in [6, 6.07) is 14.3. The molecule has 10 nitrogen and oxygen atoms in total. The number of non-ortho nitro benzene ring substituents is 1. The highest BCUT2D eigenvalue weighted by Gasteiger charge is 2.23. The van der Waals surface area contributed by atoms with Gasteiger partial charge in [-0.25, -0.2) is 0 Å². The number of nitrogens with zero attached hydrogens (tertiary/aromatic N) is 3. The van der Waals surface area contributed by atoms with Crippen molar-refractivity contribution in [2.75, 3.05) is 5.32 Å². The van der Waals surface area contributed by atoms with E-state index in [1.807, 2.05) is 6.07 Å². The first-order valence-corrected chi connectivity index (χ1v) is 11.3. The summed E-state index contributed by atoms with van der Waals surface area (Å²) in [6.07, 6.45) is 1.35. The molecule has 0 bridgehead atoms. The van der Waals surface area contributed by atoms with Crippen molar-refractivity contribution in [1.29, 1.82) is 5.26 Å². The topological polar surface area (TPSA) is 148 Å². The number of ether oxygens (including phenoxy) is 1. The minimum absolute atomic E-state index is 0.142. The van der Waals surface area contributed by atoms with E-state index < -0.39 is 27.1 Å². The van der Waals surface area contributed by atoms with Crippen molar-refractivity contribution >= 4 is 72.5 Å². The molecule has 35 heavy (non-hydrogen) atoms. The van der Waals surface area contributed by atoms with E-state index in [0.29, 0.717) is 25.2 Å². The summed E-state index contributed by atoms with van der Waals surface area (Å²) in [5.41, 5.74) is -0.330. The summed E-state index contributed by atoms with van der Waals surface area (Å²) < 4.78 is 6.32. The number of nitriles is 1. The molecule has 0 aromatic heterocycles. The molecule has 0 saturated carbocycles. The molecule has 3 aromatic carbocycles. The first kappa shape index (κ1) is 25.8. The maximum absolute atomic E-state index is 12.5. The van der Waals surface area contributed by atoms with Crippen LogP contribution in [0.25, 0.3) is 6.08 Å². The molecule has 0 aliphatic rings. The van der Waals surface area contributed by atoms with Crippen LogP contribution in [0.5, 0.6) is 11.5 Å². The van der Waals surface area contributed by atoms with E-state index in [1.165, 1.54) is 18.2 Å². The monoisotopic (exact) mass is 620 g/mol. The second-order valence-electron chi connectivity index (χ2n) is 6.71. The van der Waals surface area contributed by atoms with Crippen molar-refractivity contribution in [2.24, 2.45) is 0 Å². The summed E-state index contributed by atoms with van der Waals surface area (Å²) in [5.74, 6) is -0.711. The third kappa shape index (κ3) is 6.42. The number of benzene rings is 3. The second kappa shape index (κ2) is 11.1. The molecule has 0 aliphatic carbocycles. The van der Waals surface area contributed by atoms with Crippen molar-refractivity contribution in [3.05, 3.63) is 99.9 Å². The SMILES string of the molecule is N#C/C(=C\c1cc(Br)c(Oc2ccc([N+](=O)[O-])cc2[N+](=O)[O-])c(Br)c1)C(=O)Nc1ccc(Cl)cc1. The maximum Gasteiger partial charge on any atom is 0.318 e. The largest absolute Gasteiger partial charge is 0.448 e. The molecular formula is C22H11Br2ClN4O6. The maximum atomic E-state index is 12.5. The molecule has 176 valence electrons. The highest BCUT2D eigenvalue weighted by molar-refractivity contribution is 9.11. The van der Waals surface area contributed by atoms with Crippen molar-refractivity contribution in [1.82, 2.24) is 0 Å². The van der Waals surface area contributed by atoms with Crippen LogP contribution in [0.1, 0.15) is 5.56 Å². The third-order valence-electron chi connectivity index (χ3n) is 4.36. The van der Waals surface area contributed by atoms with Crippen LogP contribution in [-0.4, -0.2) is 15.8 Å². The summed E-state index contributed by atoms with van der Waals surface area (Å²) in [7, 11) is 0. The first-order chi connectivity index (χ1) is 16.6. The van der Waals surface area contributed by atoms with E-state index in [4.69, 9.17) is 16.3 Å². The fraction of sp³-hybridized carbons (Fsp3) is 0. The average molecular weight is 623 g/mol. The number of nitro groups is 2. The number of halogens is 3. The Hall–Kier alpha value is -3.79. The summed E-state index contributed by atoms with van der Waals surface area (Å²) in [5, 5.41) is 34.8. The van der Waals surface area contributed by atoms with Crippen LogP contribution in [-0.2, 0) is 4.79 Å². The zero-order valence-electron chi connectivity index (χ0n) is 17.2. The highest BCUT2D eigenvalue weighted by Crippen LogP contribution is 2.41. The molecule has 0 unspecified atom stereocenters. The quantitative estimate of drug-likeness (QED) is 0.129. The van der Waals surface area contributed by atoms with E-state index in [1.54, 1.807) is 24.3 Å². The van der Waals surface area contributed by atoms with E-state index in [9.17, 15) is 30.3 Å². The summed E-state index contributed by atoms with van der Waals surface area (Å²) in [6.45, 7) is 0. The Morgan fingerprint density at radius 2 is 1.66 bits per heavy atom. The number of amides is 1. The zero-order valence-corrected chi connectivity index (χ0v) is 21.1. The number of anilines is 1. The normalized spacial score (nSPS) is 10.9. The van der Waals surface area contributed by atoms with Gasteiger partial charge in [0, 0.05) is 16.8 Å². The molecule has 0 saturated heterocycles. The Kier molecular flexibility index (Phi) is 8.18. The Morgan fingerprint density at radius 1 is 1.03 bits per heavy atom. The lowest BCUT2D eigenvalue weighted by Crippen LogP contribution is -2.13. The molecule has 0 radical (unpaired) electrons. The molecule has 3 rings (SSSR count). The van der Waals surface area contributed by atoms with Gasteiger partial charge in [-0.2, -0.15) is 5.26 Å². The van der Waals surface area contributed by atoms with Gasteiger partial charge in [0.15, 0.2) is 5.75 Å². The Labute approximate surface area is 219 Å². The number of carbonyl (C=O) groups excluding carboxylic acids is 1. The fourth-order valence-corrected chi connectivity index (χ4v) is 4.28. The smallest absolute Gasteiger partial charge is 0.318 e. The summed E-state index contributed by atoms with van der Waals surface area (Å²) in [4.78, 5) is 33.3. The Balaban J connectivity index is 1.89. The van der Waals surface area contributed by atoms with Crippen LogP contribution < -0.4 is 10.1 Å². The lowest BCUT2D eigenvalue weighted by atomic mass is 10.1. The van der Waals surface area contributed by atoms with Gasteiger partial charge < -0.3 is 10.1 Å². The van der Waals surface area contributed by atoms with E-state index in [-0.39, 0.29) is 17.1 Å². The van der Waals surface area contributed by atoms with Crippen LogP contribution in [0.2, 0.25) is 5.02 Å². The van der Waals surface area contributed by atoms with Gasteiger partial charge in [0.25, 0.3) is 11.6 Å². The van der Waals surface area contributed by atoms with Gasteiger partial charge in [0.05, 0.1) is 24.9 Å². The van der Waals surface area contributed by atoms with Gasteiger partial charge in [0.2, 0.25) is 5.75 Å². The number of carbonyl (C=O) groups is 1. The van der Waals surface area contributed by atoms with E-state index in [0.717, 1.165) is 18.2 Å². The Morgan fingerprint density at radius 3 is 2.20 bits per heavy atom. The molecule has 0 atom stereocenters. The lowest BCUT2D eigenvalue weighted by molar-refractivity contribution is -0.394. The van der Waals surface area contributed by atoms with Crippen LogP contribution in [0.15, 0.2) is 69.1 Å². The van der Waals surface area contributed by atoms with Crippen LogP contribution >= 0.6 is 43.5 Å². The number of hydrogen-bond donors (Lipinski definition) is 1. The predicted octanol–water partition coefficient (Wildman–Crippen LogP) is 7.02. The van der Waals surface area contributed by atoms with E-state index in [2.05, 4.69) is 37.2 Å². The predicted molar refractivity (Wildman–Crippen MR) is 135 cm³/mol. The van der Waals surface area contributed by atoms with E-state index >= 15 is 0 Å². The molecule has 0 heterocycles. The zero-order chi connectivity index (χ0) is 25.7. The minimum Gasteiger partial charge on any atom is -0.448 e. The van der Waals surface area contributed by atoms with Crippen LogP contribution in [0, 0.1) is 31.6 Å². The Bertz CT molecular complexity index is 1400. The standard InChI is InChI=1S/C22H11Br2ClN4O6/c23-17-8-12(7-13(11-26)22(30)27-15-3-1-14(25)2-4-15)9-18(24)21(17)35-20-6-5-16(28(31)32)10-19(20)29(33)34/h1-10H,(H,27,30)/b13-7+. The van der Waals surface area contributed by atoms with Crippen LogP contribution in [0.3, 0.4) is 0 Å². The molecule has 1 amide bonds. The number of hydrogen-bond acceptors (Lipinski definition) is 7. The molecule has 0 aliphatic heterocycles. The molecule has 1 N–H and O–H groups in total. The van der Waals surface area contributed by atoms with Gasteiger partial charge in [0.1, 0.15) is 11.6 Å².